The highest BCUT2D eigenvalue weighted by Gasteiger charge is 2.12. The van der Waals surface area contributed by atoms with Gasteiger partial charge in [0.1, 0.15) is 0 Å². The molecular formula is C26H34N6O. The number of nitrogens with two attached hydrogens (primary N) is 3. The van der Waals surface area contributed by atoms with Gasteiger partial charge in [0, 0.05) is 42.9 Å². The molecule has 174 valence electrons. The SMILES string of the molecule is Cc1ccccc1/C(N)=C/N(N)CC#Cc1cnc(/C(N)=C/NCC2CCCCO2)c(C)c1. The second-order valence-electron chi connectivity index (χ2n) is 8.26. The van der Waals surface area contributed by atoms with Crippen molar-refractivity contribution in [1.29, 1.82) is 0 Å². The predicted molar refractivity (Wildman–Crippen MR) is 134 cm³/mol. The Hall–Kier alpha value is -3.47. The molecule has 7 heteroatoms. The highest BCUT2D eigenvalue weighted by atomic mass is 16.5. The van der Waals surface area contributed by atoms with E-state index >= 15 is 0 Å². The number of pyridine rings is 1. The Labute approximate surface area is 196 Å². The van der Waals surface area contributed by atoms with Gasteiger partial charge in [0.15, 0.2) is 0 Å². The van der Waals surface area contributed by atoms with E-state index in [2.05, 4.69) is 22.1 Å². The summed E-state index contributed by atoms with van der Waals surface area (Å²) < 4.78 is 5.72. The third kappa shape index (κ3) is 7.28. The average molecular weight is 447 g/mol. The van der Waals surface area contributed by atoms with E-state index in [9.17, 15) is 0 Å². The van der Waals surface area contributed by atoms with Crippen molar-refractivity contribution in [3.63, 3.8) is 0 Å². The molecule has 7 N–H and O–H groups in total. The molecule has 0 aliphatic carbocycles. The third-order valence-corrected chi connectivity index (χ3v) is 5.48. The van der Waals surface area contributed by atoms with Crippen LogP contribution in [0.25, 0.3) is 11.4 Å². The Bertz CT molecular complexity index is 1060. The predicted octanol–water partition coefficient (Wildman–Crippen LogP) is 2.60. The lowest BCUT2D eigenvalue weighted by atomic mass is 10.1. The van der Waals surface area contributed by atoms with Gasteiger partial charge in [0.25, 0.3) is 0 Å². The maximum absolute atomic E-state index is 6.22. The highest BCUT2D eigenvalue weighted by Crippen LogP contribution is 2.15. The molecule has 1 unspecified atom stereocenters. The zero-order valence-corrected chi connectivity index (χ0v) is 19.5. The largest absolute Gasteiger partial charge is 0.397 e. The minimum Gasteiger partial charge on any atom is -0.397 e. The number of benzene rings is 1. The van der Waals surface area contributed by atoms with Crippen LogP contribution in [0.3, 0.4) is 0 Å². The quantitative estimate of drug-likeness (QED) is 0.293. The van der Waals surface area contributed by atoms with Gasteiger partial charge in [-0.3, -0.25) is 4.98 Å². The van der Waals surface area contributed by atoms with Crippen LogP contribution in [0.15, 0.2) is 48.9 Å². The van der Waals surface area contributed by atoms with E-state index in [1.807, 2.05) is 44.2 Å². The zero-order valence-electron chi connectivity index (χ0n) is 19.5. The van der Waals surface area contributed by atoms with Crippen molar-refractivity contribution < 1.29 is 4.74 Å². The van der Waals surface area contributed by atoms with Gasteiger partial charge >= 0.3 is 0 Å². The van der Waals surface area contributed by atoms with Gasteiger partial charge in [0.2, 0.25) is 0 Å². The van der Waals surface area contributed by atoms with Gasteiger partial charge in [-0.1, -0.05) is 36.1 Å². The number of nitrogens with one attached hydrogen (secondary N) is 1. The van der Waals surface area contributed by atoms with Crippen LogP contribution in [-0.4, -0.2) is 35.8 Å². The molecule has 1 aromatic heterocycles. The molecule has 0 radical (unpaired) electrons. The molecule has 7 nitrogen and oxygen atoms in total. The molecule has 3 rings (SSSR count). The molecule has 0 amide bonds. The summed E-state index contributed by atoms with van der Waals surface area (Å²) in [6.45, 7) is 5.91. The lowest BCUT2D eigenvalue weighted by molar-refractivity contribution is 0.0188. The van der Waals surface area contributed by atoms with Crippen LogP contribution in [0, 0.1) is 25.7 Å². The molecule has 1 aliphatic heterocycles. The molecule has 1 atom stereocenters. The van der Waals surface area contributed by atoms with E-state index in [1.54, 1.807) is 18.6 Å². The summed E-state index contributed by atoms with van der Waals surface area (Å²) in [5, 5.41) is 4.74. The van der Waals surface area contributed by atoms with Gasteiger partial charge in [-0.2, -0.15) is 0 Å². The van der Waals surface area contributed by atoms with Gasteiger partial charge in [-0.25, -0.2) is 5.84 Å². The minimum atomic E-state index is 0.249. The van der Waals surface area contributed by atoms with E-state index < -0.39 is 0 Å². The highest BCUT2D eigenvalue weighted by molar-refractivity contribution is 5.65. The Morgan fingerprint density at radius 3 is 2.76 bits per heavy atom. The summed E-state index contributed by atoms with van der Waals surface area (Å²) in [6, 6.07) is 9.88. The monoisotopic (exact) mass is 446 g/mol. The van der Waals surface area contributed by atoms with Crippen LogP contribution in [0.4, 0.5) is 0 Å². The molecule has 0 spiro atoms. The molecule has 1 aliphatic rings. The second-order valence-corrected chi connectivity index (χ2v) is 8.26. The number of aromatic nitrogens is 1. The first-order valence-electron chi connectivity index (χ1n) is 11.2. The van der Waals surface area contributed by atoms with Crippen molar-refractivity contribution >= 4 is 11.4 Å². The van der Waals surface area contributed by atoms with Crippen molar-refractivity contribution in [3.05, 3.63) is 76.9 Å². The molecule has 2 heterocycles. The average Bonchev–Trinajstić information content (AvgIpc) is 2.80. The van der Waals surface area contributed by atoms with Crippen LogP contribution < -0.4 is 22.6 Å². The fraction of sp³-hybridized carbons (Fsp3) is 0.346. The summed E-state index contributed by atoms with van der Waals surface area (Å²) in [7, 11) is 0. The Morgan fingerprint density at radius 1 is 1.21 bits per heavy atom. The first kappa shape index (κ1) is 24.2. The Balaban J connectivity index is 1.56. The number of nitrogens with zero attached hydrogens (tertiary/aromatic N) is 2. The first-order valence-corrected chi connectivity index (χ1v) is 11.2. The number of aryl methyl sites for hydroxylation is 2. The molecule has 2 aromatic rings. The smallest absolute Gasteiger partial charge is 0.0948 e. The van der Waals surface area contributed by atoms with Crippen molar-refractivity contribution in [3.8, 4) is 11.8 Å². The van der Waals surface area contributed by atoms with Crippen molar-refractivity contribution in [2.75, 3.05) is 19.7 Å². The number of rotatable bonds is 7. The molecule has 0 saturated carbocycles. The van der Waals surface area contributed by atoms with E-state index in [-0.39, 0.29) is 6.10 Å². The standard InChI is InChI=1S/C26H34N6O/c1-19-8-3-4-11-23(19)25(28)18-32(29)12-7-9-21-14-20(2)26(31-15-21)24(27)17-30-16-22-10-5-6-13-33-22/h3-4,8,11,14-15,17-18,22,30H,5-6,10,12-13,16,27-29H2,1-2H3/b24-17-,25-18-. The normalized spacial score (nSPS) is 16.6. The van der Waals surface area contributed by atoms with E-state index in [4.69, 9.17) is 22.0 Å². The van der Waals surface area contributed by atoms with Gasteiger partial charge in [-0.05, 0) is 50.3 Å². The summed E-state index contributed by atoms with van der Waals surface area (Å²) in [5.41, 5.74) is 18.1. The molecule has 1 saturated heterocycles. The third-order valence-electron chi connectivity index (χ3n) is 5.48. The van der Waals surface area contributed by atoms with E-state index in [0.717, 1.165) is 53.9 Å². The number of hydrazine groups is 1. The fourth-order valence-corrected chi connectivity index (χ4v) is 3.71. The van der Waals surface area contributed by atoms with Gasteiger partial charge < -0.3 is 26.5 Å². The maximum Gasteiger partial charge on any atom is 0.0948 e. The van der Waals surface area contributed by atoms with Crippen molar-refractivity contribution in [1.82, 2.24) is 15.3 Å². The van der Waals surface area contributed by atoms with Crippen LogP contribution >= 0.6 is 0 Å². The van der Waals surface area contributed by atoms with Crippen LogP contribution in [0.1, 0.15) is 47.2 Å². The Morgan fingerprint density at radius 2 is 2.03 bits per heavy atom. The number of ether oxygens (including phenoxy) is 1. The summed E-state index contributed by atoms with van der Waals surface area (Å²) >= 11 is 0. The molecule has 1 fully saturated rings. The molecular weight excluding hydrogens is 412 g/mol. The zero-order chi connectivity index (χ0) is 23.6. The first-order chi connectivity index (χ1) is 15.9. The topological polar surface area (TPSA) is 115 Å². The van der Waals surface area contributed by atoms with E-state index in [1.165, 1.54) is 11.4 Å². The maximum atomic E-state index is 6.22. The van der Waals surface area contributed by atoms with Crippen molar-refractivity contribution in [2.24, 2.45) is 17.3 Å². The van der Waals surface area contributed by atoms with Crippen LogP contribution in [0.5, 0.6) is 0 Å². The van der Waals surface area contributed by atoms with Crippen molar-refractivity contribution in [2.45, 2.75) is 39.2 Å². The summed E-state index contributed by atoms with van der Waals surface area (Å²) in [6.07, 6.45) is 8.91. The molecule has 33 heavy (non-hydrogen) atoms. The molecule has 1 aromatic carbocycles. The lowest BCUT2D eigenvalue weighted by Crippen LogP contribution is -2.29. The van der Waals surface area contributed by atoms with Gasteiger partial charge in [-0.15, -0.1) is 0 Å². The second kappa shape index (κ2) is 12.0. The van der Waals surface area contributed by atoms with E-state index in [0.29, 0.717) is 17.9 Å². The Kier molecular flexibility index (Phi) is 8.76. The summed E-state index contributed by atoms with van der Waals surface area (Å²) in [4.78, 5) is 4.50. The molecule has 0 bridgehead atoms. The lowest BCUT2D eigenvalue weighted by Gasteiger charge is -2.22. The fourth-order valence-electron chi connectivity index (χ4n) is 3.71. The van der Waals surface area contributed by atoms with Crippen LogP contribution in [0.2, 0.25) is 0 Å². The minimum absolute atomic E-state index is 0.249. The number of hydrogen-bond acceptors (Lipinski definition) is 7. The van der Waals surface area contributed by atoms with Gasteiger partial charge in [0.05, 0.1) is 29.7 Å². The summed E-state index contributed by atoms with van der Waals surface area (Å²) in [5.74, 6) is 12.2. The number of hydrogen-bond donors (Lipinski definition) is 4. The van der Waals surface area contributed by atoms with Crippen LogP contribution in [-0.2, 0) is 4.74 Å².